The van der Waals surface area contributed by atoms with Gasteiger partial charge >= 0.3 is 5.97 Å². The quantitative estimate of drug-likeness (QED) is 0.193. The van der Waals surface area contributed by atoms with Crippen LogP contribution in [0.5, 0.6) is 0 Å². The Bertz CT molecular complexity index is 658. The number of carboxylic acid groups (broad SMARTS) is 1. The first kappa shape index (κ1) is 17.6. The van der Waals surface area contributed by atoms with Crippen molar-refractivity contribution >= 4 is 17.9 Å². The lowest BCUT2D eigenvalue weighted by atomic mass is 10.1. The topological polar surface area (TPSA) is 90.1 Å². The molecule has 1 aromatic rings. The fourth-order valence-corrected chi connectivity index (χ4v) is 1.36. The molecular formula is C13H11F4NO4. The third kappa shape index (κ3) is 3.61. The van der Waals surface area contributed by atoms with E-state index < -0.39 is 58.8 Å². The van der Waals surface area contributed by atoms with Crippen LogP contribution in [0.4, 0.5) is 17.6 Å². The fourth-order valence-electron chi connectivity index (χ4n) is 1.36. The third-order valence-corrected chi connectivity index (χ3v) is 2.57. The minimum atomic E-state index is -2.19. The highest BCUT2D eigenvalue weighted by Gasteiger charge is 2.24. The smallest absolute Gasteiger partial charge is 0.341 e. The van der Waals surface area contributed by atoms with Crippen LogP contribution in [0.3, 0.4) is 0 Å². The van der Waals surface area contributed by atoms with Crippen molar-refractivity contribution in [2.45, 2.75) is 13.0 Å². The highest BCUT2D eigenvalue weighted by atomic mass is 19.2. The zero-order chi connectivity index (χ0) is 17.0. The van der Waals surface area contributed by atoms with E-state index in [0.717, 1.165) is 0 Å². The predicted molar refractivity (Wildman–Crippen MR) is 68.5 cm³/mol. The summed E-state index contributed by atoms with van der Waals surface area (Å²) in [6.45, 7) is 0.975. The number of aliphatic imine (C=N–C) groups is 1. The maximum absolute atomic E-state index is 13.5. The molecule has 22 heavy (non-hydrogen) atoms. The number of benzene rings is 1. The van der Waals surface area contributed by atoms with Crippen LogP contribution in [0.1, 0.15) is 12.5 Å². The van der Waals surface area contributed by atoms with E-state index in [1.807, 2.05) is 0 Å². The zero-order valence-corrected chi connectivity index (χ0v) is 11.1. The standard InChI is InChI=1S/C13H11F4NO4/c1-5(4-19)18-3-7(13(21)22)12(20)6-2-8(14)10(16)11(17)9(6)15/h2-3,5,19-20H,4H2,1H3,(H,21,22). The molecule has 3 N–H and O–H groups in total. The molecule has 1 rings (SSSR count). The second kappa shape index (κ2) is 7.03. The Kier molecular flexibility index (Phi) is 5.63. The monoisotopic (exact) mass is 321 g/mol. The van der Waals surface area contributed by atoms with Gasteiger partial charge in [0.15, 0.2) is 23.3 Å². The first-order valence-corrected chi connectivity index (χ1v) is 5.84. The Balaban J connectivity index is 3.49. The summed E-state index contributed by atoms with van der Waals surface area (Å²) in [5.41, 5.74) is -2.15. The molecular weight excluding hydrogens is 310 g/mol. The number of aliphatic hydroxyl groups excluding tert-OH is 2. The number of hydrogen-bond donors (Lipinski definition) is 3. The molecule has 0 aromatic heterocycles. The summed E-state index contributed by atoms with van der Waals surface area (Å²) in [5.74, 6) is -11.1. The normalized spacial score (nSPS) is 14.1. The molecule has 0 aliphatic rings. The minimum absolute atomic E-state index is 0.120. The molecule has 0 heterocycles. The zero-order valence-electron chi connectivity index (χ0n) is 11.1. The number of aliphatic hydroxyl groups is 2. The van der Waals surface area contributed by atoms with Crippen molar-refractivity contribution in [1.82, 2.24) is 0 Å². The van der Waals surface area contributed by atoms with Crippen LogP contribution in [-0.2, 0) is 4.79 Å². The first-order chi connectivity index (χ1) is 10.2. The molecule has 1 aromatic carbocycles. The van der Waals surface area contributed by atoms with Gasteiger partial charge in [0.2, 0.25) is 0 Å². The molecule has 0 saturated carbocycles. The molecule has 5 nitrogen and oxygen atoms in total. The predicted octanol–water partition coefficient (Wildman–Crippen LogP) is 2.05. The number of rotatable bonds is 5. The lowest BCUT2D eigenvalue weighted by molar-refractivity contribution is -0.132. The van der Waals surface area contributed by atoms with Crippen molar-refractivity contribution in [2.75, 3.05) is 6.61 Å². The van der Waals surface area contributed by atoms with E-state index in [0.29, 0.717) is 6.21 Å². The van der Waals surface area contributed by atoms with E-state index in [9.17, 15) is 27.5 Å². The average Bonchev–Trinajstić information content (AvgIpc) is 2.48. The van der Waals surface area contributed by atoms with E-state index in [1.165, 1.54) is 6.92 Å². The Morgan fingerprint density at radius 3 is 2.32 bits per heavy atom. The van der Waals surface area contributed by atoms with Crippen molar-refractivity contribution < 1.29 is 37.7 Å². The fraction of sp³-hybridized carbons (Fsp3) is 0.231. The number of halogens is 4. The summed E-state index contributed by atoms with van der Waals surface area (Å²) < 4.78 is 52.6. The number of nitrogens with zero attached hydrogens (tertiary/aromatic N) is 1. The van der Waals surface area contributed by atoms with E-state index in [2.05, 4.69) is 4.99 Å². The van der Waals surface area contributed by atoms with Crippen LogP contribution in [0.15, 0.2) is 16.6 Å². The Labute approximate surface area is 121 Å². The molecule has 0 bridgehead atoms. The SMILES string of the molecule is CC(CO)N=CC(C(=O)O)=C(O)c1cc(F)c(F)c(F)c1F. The Morgan fingerprint density at radius 1 is 1.23 bits per heavy atom. The Hall–Kier alpha value is -2.42. The van der Waals surface area contributed by atoms with Crippen molar-refractivity contribution in [3.63, 3.8) is 0 Å². The van der Waals surface area contributed by atoms with Gasteiger partial charge in [-0.2, -0.15) is 0 Å². The molecule has 120 valence electrons. The van der Waals surface area contributed by atoms with Crippen LogP contribution in [0.25, 0.3) is 5.76 Å². The number of aliphatic carboxylic acids is 1. The summed E-state index contributed by atoms with van der Waals surface area (Å²) in [6, 6.07) is -0.608. The molecule has 1 atom stereocenters. The van der Waals surface area contributed by atoms with Crippen LogP contribution in [0, 0.1) is 23.3 Å². The summed E-state index contributed by atoms with van der Waals surface area (Å²) >= 11 is 0. The second-order valence-electron chi connectivity index (χ2n) is 4.23. The minimum Gasteiger partial charge on any atom is -0.506 e. The summed E-state index contributed by atoms with van der Waals surface area (Å²) in [5, 5.41) is 27.4. The lowest BCUT2D eigenvalue weighted by Crippen LogP contribution is -2.11. The second-order valence-corrected chi connectivity index (χ2v) is 4.23. The van der Waals surface area contributed by atoms with Gasteiger partial charge < -0.3 is 15.3 Å². The van der Waals surface area contributed by atoms with Crippen molar-refractivity contribution in [3.05, 3.63) is 40.5 Å². The molecule has 0 aliphatic heterocycles. The third-order valence-electron chi connectivity index (χ3n) is 2.57. The van der Waals surface area contributed by atoms with Gasteiger partial charge in [0.05, 0.1) is 18.2 Å². The molecule has 9 heteroatoms. The highest BCUT2D eigenvalue weighted by Crippen LogP contribution is 2.25. The van der Waals surface area contributed by atoms with Gasteiger partial charge in [0, 0.05) is 6.21 Å². The Morgan fingerprint density at radius 2 is 1.82 bits per heavy atom. The summed E-state index contributed by atoms with van der Waals surface area (Å²) in [4.78, 5) is 14.6. The van der Waals surface area contributed by atoms with Crippen LogP contribution < -0.4 is 0 Å². The van der Waals surface area contributed by atoms with Crippen molar-refractivity contribution in [1.29, 1.82) is 0 Å². The number of hydrogen-bond acceptors (Lipinski definition) is 4. The van der Waals surface area contributed by atoms with Crippen LogP contribution in [-0.4, -0.2) is 40.2 Å². The molecule has 0 aliphatic carbocycles. The molecule has 0 spiro atoms. The van der Waals surface area contributed by atoms with Gasteiger partial charge in [0.25, 0.3) is 0 Å². The van der Waals surface area contributed by atoms with Crippen LogP contribution >= 0.6 is 0 Å². The largest absolute Gasteiger partial charge is 0.506 e. The lowest BCUT2D eigenvalue weighted by Gasteiger charge is -2.07. The maximum Gasteiger partial charge on any atom is 0.341 e. The number of carbonyl (C=O) groups is 1. The number of carboxylic acids is 1. The van der Waals surface area contributed by atoms with Crippen molar-refractivity contribution in [3.8, 4) is 0 Å². The van der Waals surface area contributed by atoms with Gasteiger partial charge in [-0.3, -0.25) is 4.99 Å². The van der Waals surface area contributed by atoms with E-state index in [1.54, 1.807) is 0 Å². The van der Waals surface area contributed by atoms with Gasteiger partial charge in [-0.1, -0.05) is 0 Å². The van der Waals surface area contributed by atoms with Gasteiger partial charge in [-0.15, -0.1) is 0 Å². The average molecular weight is 321 g/mol. The summed E-state index contributed by atoms with van der Waals surface area (Å²) in [6.07, 6.45) is 0.594. The van der Waals surface area contributed by atoms with Gasteiger partial charge in [-0.05, 0) is 13.0 Å². The van der Waals surface area contributed by atoms with E-state index in [-0.39, 0.29) is 6.07 Å². The van der Waals surface area contributed by atoms with E-state index in [4.69, 9.17) is 10.2 Å². The van der Waals surface area contributed by atoms with Gasteiger partial charge in [-0.25, -0.2) is 22.4 Å². The molecule has 0 fully saturated rings. The molecule has 1 unspecified atom stereocenters. The maximum atomic E-state index is 13.5. The molecule has 0 radical (unpaired) electrons. The van der Waals surface area contributed by atoms with Crippen LogP contribution in [0.2, 0.25) is 0 Å². The molecule has 0 saturated heterocycles. The summed E-state index contributed by atoms with van der Waals surface area (Å²) in [7, 11) is 0. The first-order valence-electron chi connectivity index (χ1n) is 5.84. The van der Waals surface area contributed by atoms with E-state index >= 15 is 0 Å². The molecule has 0 amide bonds. The van der Waals surface area contributed by atoms with Gasteiger partial charge in [0.1, 0.15) is 11.3 Å². The highest BCUT2D eigenvalue weighted by molar-refractivity contribution is 6.14. The van der Waals surface area contributed by atoms with Crippen molar-refractivity contribution in [2.24, 2.45) is 4.99 Å².